The van der Waals surface area contributed by atoms with Crippen LogP contribution < -0.4 is 20.1 Å². The Morgan fingerprint density at radius 3 is 2.57 bits per heavy atom. The summed E-state index contributed by atoms with van der Waals surface area (Å²) in [6.45, 7) is 6.66. The van der Waals surface area contributed by atoms with Gasteiger partial charge in [0.15, 0.2) is 5.96 Å². The van der Waals surface area contributed by atoms with Crippen LogP contribution in [0.4, 0.5) is 0 Å². The third-order valence-corrected chi connectivity index (χ3v) is 3.01. The number of rotatable bonds is 8. The van der Waals surface area contributed by atoms with E-state index in [4.69, 9.17) is 9.47 Å². The highest BCUT2D eigenvalue weighted by Crippen LogP contribution is 2.23. The molecule has 0 aromatic heterocycles. The highest BCUT2D eigenvalue weighted by molar-refractivity contribution is 5.79. The van der Waals surface area contributed by atoms with Crippen LogP contribution in [0, 0.1) is 0 Å². The molecule has 0 radical (unpaired) electrons. The number of ether oxygens (including phenoxy) is 2. The van der Waals surface area contributed by atoms with Crippen molar-refractivity contribution < 1.29 is 9.47 Å². The van der Waals surface area contributed by atoms with Crippen LogP contribution in [0.1, 0.15) is 25.8 Å². The van der Waals surface area contributed by atoms with E-state index in [9.17, 15) is 0 Å². The topological polar surface area (TPSA) is 54.9 Å². The van der Waals surface area contributed by atoms with Crippen molar-refractivity contribution in [3.8, 4) is 11.5 Å². The third-order valence-electron chi connectivity index (χ3n) is 3.01. The Kier molecular flexibility index (Phi) is 8.09. The Balaban J connectivity index is 2.61. The number of benzene rings is 1. The molecule has 0 aliphatic carbocycles. The van der Waals surface area contributed by atoms with E-state index in [-0.39, 0.29) is 0 Å². The summed E-state index contributed by atoms with van der Waals surface area (Å²) in [6, 6.07) is 5.85. The first-order chi connectivity index (χ1) is 10.2. The molecule has 0 fully saturated rings. The highest BCUT2D eigenvalue weighted by Gasteiger charge is 2.05. The van der Waals surface area contributed by atoms with Gasteiger partial charge in [0, 0.05) is 19.6 Å². The Bertz CT molecular complexity index is 447. The Labute approximate surface area is 127 Å². The van der Waals surface area contributed by atoms with E-state index in [1.165, 1.54) is 0 Å². The van der Waals surface area contributed by atoms with Gasteiger partial charge in [-0.05, 0) is 43.5 Å². The quantitative estimate of drug-likeness (QED) is 0.570. The molecule has 0 aliphatic rings. The maximum atomic E-state index is 5.39. The van der Waals surface area contributed by atoms with Gasteiger partial charge in [-0.3, -0.25) is 4.99 Å². The van der Waals surface area contributed by atoms with Crippen LogP contribution in [-0.2, 0) is 6.42 Å². The third kappa shape index (κ3) is 5.94. The predicted molar refractivity (Wildman–Crippen MR) is 87.5 cm³/mol. The van der Waals surface area contributed by atoms with Crippen LogP contribution in [0.5, 0.6) is 11.5 Å². The largest absolute Gasteiger partial charge is 0.497 e. The molecule has 5 nitrogen and oxygen atoms in total. The van der Waals surface area contributed by atoms with Gasteiger partial charge in [-0.25, -0.2) is 0 Å². The lowest BCUT2D eigenvalue weighted by Crippen LogP contribution is -2.38. The number of methoxy groups -OCH3 is 2. The van der Waals surface area contributed by atoms with Gasteiger partial charge in [0.1, 0.15) is 11.5 Å². The van der Waals surface area contributed by atoms with Crippen LogP contribution in [0.25, 0.3) is 0 Å². The molecule has 5 heteroatoms. The standard InChI is InChI=1S/C16H27N3O2/c1-5-10-18-16(17-6-2)19-11-9-13-12-14(20-3)7-8-15(13)21-4/h7-8,12H,5-6,9-11H2,1-4H3,(H2,17,18,19). The van der Waals surface area contributed by atoms with Crippen LogP contribution in [0.2, 0.25) is 0 Å². The van der Waals surface area contributed by atoms with Crippen LogP contribution >= 0.6 is 0 Å². The fraction of sp³-hybridized carbons (Fsp3) is 0.562. The molecule has 118 valence electrons. The molecule has 0 saturated carbocycles. The van der Waals surface area contributed by atoms with Crippen LogP contribution in [-0.4, -0.2) is 39.8 Å². The van der Waals surface area contributed by atoms with Gasteiger partial charge in [0.25, 0.3) is 0 Å². The molecule has 0 saturated heterocycles. The van der Waals surface area contributed by atoms with Gasteiger partial charge < -0.3 is 20.1 Å². The molecule has 0 bridgehead atoms. The SMILES string of the molecule is CCCN=C(NCC)NCCc1cc(OC)ccc1OC. The maximum absolute atomic E-state index is 5.39. The Morgan fingerprint density at radius 1 is 1.14 bits per heavy atom. The van der Waals surface area contributed by atoms with Crippen molar-refractivity contribution in [2.45, 2.75) is 26.7 Å². The zero-order valence-corrected chi connectivity index (χ0v) is 13.5. The molecule has 2 N–H and O–H groups in total. The number of nitrogens with zero attached hydrogens (tertiary/aromatic N) is 1. The molecule has 1 aromatic rings. The summed E-state index contributed by atoms with van der Waals surface area (Å²) in [5.74, 6) is 2.59. The first kappa shape index (κ1) is 17.1. The molecule has 1 rings (SSSR count). The summed E-state index contributed by atoms with van der Waals surface area (Å²) in [4.78, 5) is 4.48. The zero-order chi connectivity index (χ0) is 15.5. The maximum Gasteiger partial charge on any atom is 0.191 e. The average molecular weight is 293 g/mol. The number of hydrogen-bond donors (Lipinski definition) is 2. The second-order valence-corrected chi connectivity index (χ2v) is 4.62. The molecule has 0 spiro atoms. The summed E-state index contributed by atoms with van der Waals surface area (Å²) < 4.78 is 10.6. The molecule has 0 amide bonds. The van der Waals surface area contributed by atoms with Crippen LogP contribution in [0.3, 0.4) is 0 Å². The molecule has 21 heavy (non-hydrogen) atoms. The van der Waals surface area contributed by atoms with E-state index in [2.05, 4.69) is 29.5 Å². The van der Waals surface area contributed by atoms with Crippen LogP contribution in [0.15, 0.2) is 23.2 Å². The minimum absolute atomic E-state index is 0.791. The van der Waals surface area contributed by atoms with Gasteiger partial charge in [0.2, 0.25) is 0 Å². The van der Waals surface area contributed by atoms with Crippen molar-refractivity contribution in [1.82, 2.24) is 10.6 Å². The van der Waals surface area contributed by atoms with Crippen molar-refractivity contribution >= 4 is 5.96 Å². The minimum Gasteiger partial charge on any atom is -0.497 e. The lowest BCUT2D eigenvalue weighted by Gasteiger charge is -2.13. The van der Waals surface area contributed by atoms with Gasteiger partial charge in [-0.2, -0.15) is 0 Å². The molecule has 0 atom stereocenters. The van der Waals surface area contributed by atoms with Crippen molar-refractivity contribution in [3.63, 3.8) is 0 Å². The zero-order valence-electron chi connectivity index (χ0n) is 13.5. The lowest BCUT2D eigenvalue weighted by molar-refractivity contribution is 0.398. The first-order valence-corrected chi connectivity index (χ1v) is 7.48. The van der Waals surface area contributed by atoms with E-state index in [1.54, 1.807) is 14.2 Å². The second kappa shape index (κ2) is 9.91. The first-order valence-electron chi connectivity index (χ1n) is 7.48. The average Bonchev–Trinajstić information content (AvgIpc) is 2.52. The number of aliphatic imine (C=N–C) groups is 1. The second-order valence-electron chi connectivity index (χ2n) is 4.62. The highest BCUT2D eigenvalue weighted by atomic mass is 16.5. The van der Waals surface area contributed by atoms with Crippen molar-refractivity contribution in [2.75, 3.05) is 33.9 Å². The smallest absolute Gasteiger partial charge is 0.191 e. The summed E-state index contributed by atoms with van der Waals surface area (Å²) in [6.07, 6.45) is 1.89. The van der Waals surface area contributed by atoms with E-state index >= 15 is 0 Å². The fourth-order valence-corrected chi connectivity index (χ4v) is 1.96. The number of guanidine groups is 1. The Hall–Kier alpha value is -1.91. The van der Waals surface area contributed by atoms with E-state index in [1.807, 2.05) is 18.2 Å². The molecule has 1 aromatic carbocycles. The summed E-state index contributed by atoms with van der Waals surface area (Å²) in [5, 5.41) is 6.57. The minimum atomic E-state index is 0.791. The summed E-state index contributed by atoms with van der Waals surface area (Å²) >= 11 is 0. The normalized spacial score (nSPS) is 11.1. The van der Waals surface area contributed by atoms with Crippen molar-refractivity contribution in [2.24, 2.45) is 4.99 Å². The number of hydrogen-bond acceptors (Lipinski definition) is 3. The predicted octanol–water partition coefficient (Wildman–Crippen LogP) is 2.21. The van der Waals surface area contributed by atoms with Gasteiger partial charge in [0.05, 0.1) is 14.2 Å². The fourth-order valence-electron chi connectivity index (χ4n) is 1.96. The van der Waals surface area contributed by atoms with Crippen molar-refractivity contribution in [3.05, 3.63) is 23.8 Å². The molecule has 0 aliphatic heterocycles. The van der Waals surface area contributed by atoms with Crippen molar-refractivity contribution in [1.29, 1.82) is 0 Å². The van der Waals surface area contributed by atoms with E-state index in [0.29, 0.717) is 0 Å². The molecule has 0 heterocycles. The molecular formula is C16H27N3O2. The summed E-state index contributed by atoms with van der Waals surface area (Å²) in [7, 11) is 3.36. The monoisotopic (exact) mass is 293 g/mol. The van der Waals surface area contributed by atoms with E-state index in [0.717, 1.165) is 55.5 Å². The van der Waals surface area contributed by atoms with Gasteiger partial charge in [-0.15, -0.1) is 0 Å². The summed E-state index contributed by atoms with van der Waals surface area (Å²) in [5.41, 5.74) is 1.12. The molecule has 0 unspecified atom stereocenters. The lowest BCUT2D eigenvalue weighted by atomic mass is 10.1. The van der Waals surface area contributed by atoms with Gasteiger partial charge >= 0.3 is 0 Å². The number of nitrogens with one attached hydrogen (secondary N) is 2. The van der Waals surface area contributed by atoms with Gasteiger partial charge in [-0.1, -0.05) is 6.92 Å². The van der Waals surface area contributed by atoms with E-state index < -0.39 is 0 Å². The molecular weight excluding hydrogens is 266 g/mol. The Morgan fingerprint density at radius 2 is 1.95 bits per heavy atom.